The third-order valence-corrected chi connectivity index (χ3v) is 4.70. The third kappa shape index (κ3) is 3.73. The molecule has 1 aliphatic rings. The lowest BCUT2D eigenvalue weighted by molar-refractivity contribution is 0.102. The zero-order chi connectivity index (χ0) is 18.8. The van der Waals surface area contributed by atoms with Crippen molar-refractivity contribution in [3.05, 3.63) is 53.5 Å². The van der Waals surface area contributed by atoms with Crippen molar-refractivity contribution >= 4 is 28.4 Å². The molecule has 1 fully saturated rings. The normalized spacial score (nSPS) is 14.4. The van der Waals surface area contributed by atoms with Crippen LogP contribution in [0, 0.1) is 13.8 Å². The molecule has 3 heterocycles. The van der Waals surface area contributed by atoms with Crippen LogP contribution in [0.15, 0.2) is 36.5 Å². The van der Waals surface area contributed by atoms with Crippen LogP contribution < -0.4 is 10.2 Å². The van der Waals surface area contributed by atoms with Crippen molar-refractivity contribution in [1.29, 1.82) is 0 Å². The van der Waals surface area contributed by atoms with E-state index in [9.17, 15) is 4.79 Å². The summed E-state index contributed by atoms with van der Waals surface area (Å²) in [4.78, 5) is 28.2. The van der Waals surface area contributed by atoms with Gasteiger partial charge in [0.15, 0.2) is 0 Å². The minimum absolute atomic E-state index is 0.219. The van der Waals surface area contributed by atoms with E-state index in [1.165, 1.54) is 0 Å². The van der Waals surface area contributed by atoms with Crippen molar-refractivity contribution in [3.63, 3.8) is 0 Å². The van der Waals surface area contributed by atoms with Gasteiger partial charge in [-0.1, -0.05) is 0 Å². The summed E-state index contributed by atoms with van der Waals surface area (Å²) in [6, 6.07) is 9.11. The summed E-state index contributed by atoms with van der Waals surface area (Å²) >= 11 is 0. The minimum Gasteiger partial charge on any atom is -0.378 e. The lowest BCUT2D eigenvalue weighted by atomic mass is 10.1. The number of hydrogen-bond donors (Lipinski definition) is 1. The van der Waals surface area contributed by atoms with Gasteiger partial charge in [0, 0.05) is 18.7 Å². The number of rotatable bonds is 3. The van der Waals surface area contributed by atoms with E-state index in [-0.39, 0.29) is 5.91 Å². The molecule has 0 saturated carbocycles. The molecule has 1 aliphatic heterocycles. The maximum Gasteiger partial charge on any atom is 0.256 e. The first-order valence-electron chi connectivity index (χ1n) is 8.95. The first-order chi connectivity index (χ1) is 13.1. The maximum absolute atomic E-state index is 12.6. The van der Waals surface area contributed by atoms with Crippen LogP contribution >= 0.6 is 0 Å². The smallest absolute Gasteiger partial charge is 0.256 e. The van der Waals surface area contributed by atoms with Crippen LogP contribution in [0.2, 0.25) is 0 Å². The van der Waals surface area contributed by atoms with Gasteiger partial charge in [0.2, 0.25) is 0 Å². The molecule has 2 aromatic heterocycles. The molecule has 1 amide bonds. The van der Waals surface area contributed by atoms with Gasteiger partial charge in [-0.3, -0.25) is 4.79 Å². The third-order valence-electron chi connectivity index (χ3n) is 4.70. The van der Waals surface area contributed by atoms with Gasteiger partial charge in [0.05, 0.1) is 47.5 Å². The fourth-order valence-corrected chi connectivity index (χ4v) is 3.03. The zero-order valence-electron chi connectivity index (χ0n) is 15.4. The van der Waals surface area contributed by atoms with E-state index in [4.69, 9.17) is 4.74 Å². The predicted octanol–water partition coefficient (Wildman–Crippen LogP) is 2.73. The molecule has 0 aliphatic carbocycles. The number of pyridine rings is 1. The molecule has 4 rings (SSSR count). The number of nitrogens with one attached hydrogen (secondary N) is 1. The Labute approximate surface area is 157 Å². The summed E-state index contributed by atoms with van der Waals surface area (Å²) in [5.41, 5.74) is 4.80. The van der Waals surface area contributed by atoms with Crippen LogP contribution in [0.1, 0.15) is 21.7 Å². The molecule has 0 spiro atoms. The highest BCUT2D eigenvalue weighted by atomic mass is 16.5. The number of morpholine rings is 1. The van der Waals surface area contributed by atoms with Gasteiger partial charge in [-0.2, -0.15) is 0 Å². The van der Waals surface area contributed by atoms with Crippen LogP contribution in [0.25, 0.3) is 11.0 Å². The van der Waals surface area contributed by atoms with Crippen molar-refractivity contribution < 1.29 is 9.53 Å². The average molecular weight is 363 g/mol. The molecule has 0 atom stereocenters. The van der Waals surface area contributed by atoms with E-state index in [2.05, 4.69) is 25.2 Å². The number of fused-ring (bicyclic) bond motifs is 1. The first kappa shape index (κ1) is 17.4. The number of carbonyl (C=O) groups is 1. The van der Waals surface area contributed by atoms with Crippen LogP contribution in [0.3, 0.4) is 0 Å². The Morgan fingerprint density at radius 3 is 2.48 bits per heavy atom. The summed E-state index contributed by atoms with van der Waals surface area (Å²) < 4.78 is 5.36. The molecule has 0 unspecified atom stereocenters. The van der Waals surface area contributed by atoms with E-state index in [0.29, 0.717) is 16.9 Å². The van der Waals surface area contributed by atoms with Crippen molar-refractivity contribution in [3.8, 4) is 0 Å². The average Bonchev–Trinajstić information content (AvgIpc) is 2.70. The molecule has 1 N–H and O–H groups in total. The fraction of sp³-hybridized carbons (Fsp3) is 0.300. The van der Waals surface area contributed by atoms with Crippen LogP contribution in [-0.4, -0.2) is 47.2 Å². The second-order valence-electron chi connectivity index (χ2n) is 6.55. The highest BCUT2D eigenvalue weighted by Gasteiger charge is 2.13. The quantitative estimate of drug-likeness (QED) is 0.771. The Morgan fingerprint density at radius 1 is 1.04 bits per heavy atom. The van der Waals surface area contributed by atoms with E-state index in [1.807, 2.05) is 32.0 Å². The summed E-state index contributed by atoms with van der Waals surface area (Å²) in [6.07, 6.45) is 1.78. The largest absolute Gasteiger partial charge is 0.378 e. The highest BCUT2D eigenvalue weighted by molar-refractivity contribution is 6.05. The molecule has 1 saturated heterocycles. The Bertz CT molecular complexity index is 982. The first-order valence-corrected chi connectivity index (χ1v) is 8.95. The van der Waals surface area contributed by atoms with E-state index >= 15 is 0 Å². The van der Waals surface area contributed by atoms with Crippen molar-refractivity contribution in [2.75, 3.05) is 36.5 Å². The molecule has 7 nitrogen and oxygen atoms in total. The number of benzene rings is 1. The maximum atomic E-state index is 12.6. The van der Waals surface area contributed by atoms with Gasteiger partial charge in [0.1, 0.15) is 5.82 Å². The van der Waals surface area contributed by atoms with E-state index < -0.39 is 0 Å². The number of amides is 1. The molecule has 3 aromatic rings. The molecule has 138 valence electrons. The summed E-state index contributed by atoms with van der Waals surface area (Å²) in [5.74, 6) is 0.298. The van der Waals surface area contributed by atoms with Gasteiger partial charge >= 0.3 is 0 Å². The number of aromatic nitrogens is 3. The van der Waals surface area contributed by atoms with Crippen LogP contribution in [-0.2, 0) is 4.74 Å². The van der Waals surface area contributed by atoms with Gasteiger partial charge in [-0.05, 0) is 44.2 Å². The van der Waals surface area contributed by atoms with Crippen molar-refractivity contribution in [1.82, 2.24) is 15.0 Å². The number of carbonyl (C=O) groups excluding carboxylic acids is 1. The topological polar surface area (TPSA) is 80.2 Å². The monoisotopic (exact) mass is 363 g/mol. The number of hydrogen-bond acceptors (Lipinski definition) is 6. The SMILES string of the molecule is Cc1nc2ccc(C(=O)Nc3ccc(N4CCOCC4)cn3)cc2nc1C. The Balaban J connectivity index is 1.50. The summed E-state index contributed by atoms with van der Waals surface area (Å²) in [6.45, 7) is 6.99. The zero-order valence-corrected chi connectivity index (χ0v) is 15.4. The highest BCUT2D eigenvalue weighted by Crippen LogP contribution is 2.18. The number of aryl methyl sites for hydroxylation is 2. The van der Waals surface area contributed by atoms with Gasteiger partial charge in [-0.25, -0.2) is 15.0 Å². The molecular weight excluding hydrogens is 342 g/mol. The van der Waals surface area contributed by atoms with Gasteiger partial charge in [-0.15, -0.1) is 0 Å². The van der Waals surface area contributed by atoms with E-state index in [0.717, 1.165) is 48.9 Å². The lowest BCUT2D eigenvalue weighted by Crippen LogP contribution is -2.36. The van der Waals surface area contributed by atoms with Crippen molar-refractivity contribution in [2.24, 2.45) is 0 Å². The number of ether oxygens (including phenoxy) is 1. The minimum atomic E-state index is -0.219. The van der Waals surface area contributed by atoms with Crippen LogP contribution in [0.5, 0.6) is 0 Å². The fourth-order valence-electron chi connectivity index (χ4n) is 3.03. The molecular formula is C20H21N5O2. The van der Waals surface area contributed by atoms with E-state index in [1.54, 1.807) is 18.3 Å². The predicted molar refractivity (Wildman–Crippen MR) is 104 cm³/mol. The number of nitrogens with zero attached hydrogens (tertiary/aromatic N) is 4. The molecule has 7 heteroatoms. The van der Waals surface area contributed by atoms with Gasteiger partial charge < -0.3 is 15.0 Å². The van der Waals surface area contributed by atoms with Crippen molar-refractivity contribution in [2.45, 2.75) is 13.8 Å². The number of anilines is 2. The van der Waals surface area contributed by atoms with Crippen LogP contribution in [0.4, 0.5) is 11.5 Å². The lowest BCUT2D eigenvalue weighted by Gasteiger charge is -2.28. The molecule has 1 aromatic carbocycles. The standard InChI is InChI=1S/C20H21N5O2/c1-13-14(2)23-18-11-15(3-5-17(18)22-13)20(26)24-19-6-4-16(12-21-19)25-7-9-27-10-8-25/h3-6,11-12H,7-10H2,1-2H3,(H,21,24,26). The molecule has 27 heavy (non-hydrogen) atoms. The Morgan fingerprint density at radius 2 is 1.78 bits per heavy atom. The summed E-state index contributed by atoms with van der Waals surface area (Å²) in [7, 11) is 0. The molecule has 0 bridgehead atoms. The Kier molecular flexibility index (Phi) is 4.68. The summed E-state index contributed by atoms with van der Waals surface area (Å²) in [5, 5.41) is 2.84. The second kappa shape index (κ2) is 7.28. The van der Waals surface area contributed by atoms with Gasteiger partial charge in [0.25, 0.3) is 5.91 Å². The Hall–Kier alpha value is -3.06. The second-order valence-corrected chi connectivity index (χ2v) is 6.55. The molecule has 0 radical (unpaired) electrons.